The number of nitrogen functional groups attached to an aromatic ring is 1. The van der Waals surface area contributed by atoms with Crippen molar-refractivity contribution in [2.45, 2.75) is 19.3 Å². The molecule has 0 radical (unpaired) electrons. The van der Waals surface area contributed by atoms with E-state index in [-0.39, 0.29) is 12.3 Å². The van der Waals surface area contributed by atoms with E-state index in [1.54, 1.807) is 29.2 Å². The Balaban J connectivity index is 1.84. The van der Waals surface area contributed by atoms with Crippen LogP contribution in [0.3, 0.4) is 0 Å². The molecule has 2 rings (SSSR count). The van der Waals surface area contributed by atoms with Gasteiger partial charge in [-0.1, -0.05) is 12.1 Å². The third-order valence-corrected chi connectivity index (χ3v) is 3.72. The van der Waals surface area contributed by atoms with E-state index in [1.165, 1.54) is 0 Å². The molecule has 3 N–H and O–H groups in total. The molecule has 21 heavy (non-hydrogen) atoms. The number of anilines is 1. The normalized spacial score (nSPS) is 18.3. The highest BCUT2D eigenvalue weighted by molar-refractivity contribution is 5.92. The number of carboxylic acids is 1. The molecule has 1 heterocycles. The molecule has 1 aliphatic heterocycles. The van der Waals surface area contributed by atoms with E-state index in [0.29, 0.717) is 31.1 Å². The van der Waals surface area contributed by atoms with E-state index in [1.807, 2.05) is 12.1 Å². The second-order valence-electron chi connectivity index (χ2n) is 5.37. The van der Waals surface area contributed by atoms with Gasteiger partial charge in [-0.2, -0.15) is 0 Å². The minimum Gasteiger partial charge on any atom is -0.481 e. The summed E-state index contributed by atoms with van der Waals surface area (Å²) in [6, 6.07) is 7.31. The summed E-state index contributed by atoms with van der Waals surface area (Å²) in [7, 11) is 0. The second kappa shape index (κ2) is 6.92. The van der Waals surface area contributed by atoms with Crippen molar-refractivity contribution in [2.75, 3.05) is 18.8 Å². The summed E-state index contributed by atoms with van der Waals surface area (Å²) < 4.78 is 0. The van der Waals surface area contributed by atoms with Crippen molar-refractivity contribution in [3.05, 3.63) is 35.9 Å². The lowest BCUT2D eigenvalue weighted by atomic mass is 10.0. The van der Waals surface area contributed by atoms with Crippen molar-refractivity contribution < 1.29 is 14.7 Å². The lowest BCUT2D eigenvalue weighted by molar-refractivity contribution is -0.137. The summed E-state index contributed by atoms with van der Waals surface area (Å²) in [6.07, 6.45) is 5.03. The monoisotopic (exact) mass is 288 g/mol. The fourth-order valence-corrected chi connectivity index (χ4v) is 2.48. The Hall–Kier alpha value is -2.30. The fourth-order valence-electron chi connectivity index (χ4n) is 2.48. The molecule has 112 valence electrons. The molecule has 0 aromatic heterocycles. The van der Waals surface area contributed by atoms with Crippen LogP contribution in [0, 0.1) is 5.92 Å². The third kappa shape index (κ3) is 4.63. The summed E-state index contributed by atoms with van der Waals surface area (Å²) >= 11 is 0. The van der Waals surface area contributed by atoms with Crippen molar-refractivity contribution in [1.82, 2.24) is 4.90 Å². The molecule has 1 atom stereocenters. The van der Waals surface area contributed by atoms with Crippen LogP contribution in [0.15, 0.2) is 30.3 Å². The minimum atomic E-state index is -0.775. The van der Waals surface area contributed by atoms with Crippen molar-refractivity contribution in [3.8, 4) is 0 Å². The number of amides is 1. The molecular weight excluding hydrogens is 268 g/mol. The largest absolute Gasteiger partial charge is 0.481 e. The summed E-state index contributed by atoms with van der Waals surface area (Å²) in [5.41, 5.74) is 7.23. The number of benzene rings is 1. The molecule has 1 saturated heterocycles. The predicted molar refractivity (Wildman–Crippen MR) is 81.4 cm³/mol. The summed E-state index contributed by atoms with van der Waals surface area (Å²) in [4.78, 5) is 24.4. The molecule has 1 unspecified atom stereocenters. The first-order valence-electron chi connectivity index (χ1n) is 7.09. The van der Waals surface area contributed by atoms with Crippen LogP contribution in [0.1, 0.15) is 24.8 Å². The van der Waals surface area contributed by atoms with Crippen molar-refractivity contribution in [2.24, 2.45) is 5.92 Å². The van der Waals surface area contributed by atoms with Gasteiger partial charge in [-0.3, -0.25) is 9.59 Å². The lowest BCUT2D eigenvalue weighted by Crippen LogP contribution is -2.26. The molecule has 0 aliphatic carbocycles. The van der Waals surface area contributed by atoms with Crippen LogP contribution in [0.25, 0.3) is 6.08 Å². The topological polar surface area (TPSA) is 83.6 Å². The van der Waals surface area contributed by atoms with E-state index in [2.05, 4.69) is 0 Å². The number of carbonyl (C=O) groups is 2. The Morgan fingerprint density at radius 1 is 1.33 bits per heavy atom. The number of likely N-dealkylation sites (tertiary alicyclic amines) is 1. The average Bonchev–Trinajstić information content (AvgIpc) is 2.93. The molecule has 1 amide bonds. The van der Waals surface area contributed by atoms with Crippen LogP contribution < -0.4 is 5.73 Å². The van der Waals surface area contributed by atoms with Gasteiger partial charge in [0.25, 0.3) is 0 Å². The van der Waals surface area contributed by atoms with Gasteiger partial charge < -0.3 is 15.7 Å². The Labute approximate surface area is 124 Å². The Morgan fingerprint density at radius 2 is 2.05 bits per heavy atom. The van der Waals surface area contributed by atoms with Crippen LogP contribution in [0.5, 0.6) is 0 Å². The van der Waals surface area contributed by atoms with Gasteiger partial charge in [-0.15, -0.1) is 0 Å². The number of hydrogen-bond donors (Lipinski definition) is 2. The molecule has 1 fully saturated rings. The molecule has 1 aliphatic rings. The van der Waals surface area contributed by atoms with E-state index >= 15 is 0 Å². The number of nitrogens with two attached hydrogens (primary N) is 1. The van der Waals surface area contributed by atoms with Crippen molar-refractivity contribution >= 4 is 23.6 Å². The minimum absolute atomic E-state index is 0.0235. The molecule has 0 saturated carbocycles. The Bertz CT molecular complexity index is 537. The highest BCUT2D eigenvalue weighted by atomic mass is 16.4. The van der Waals surface area contributed by atoms with E-state index in [4.69, 9.17) is 10.8 Å². The first kappa shape index (κ1) is 15.1. The van der Waals surface area contributed by atoms with Crippen LogP contribution in [-0.4, -0.2) is 35.0 Å². The Morgan fingerprint density at radius 3 is 2.71 bits per heavy atom. The number of carbonyl (C=O) groups excluding carboxylic acids is 1. The van der Waals surface area contributed by atoms with E-state index < -0.39 is 5.97 Å². The zero-order chi connectivity index (χ0) is 15.2. The van der Waals surface area contributed by atoms with Crippen molar-refractivity contribution in [3.63, 3.8) is 0 Å². The van der Waals surface area contributed by atoms with Gasteiger partial charge in [-0.05, 0) is 42.5 Å². The van der Waals surface area contributed by atoms with Crippen LogP contribution >= 0.6 is 0 Å². The number of carboxylic acid groups (broad SMARTS) is 1. The van der Waals surface area contributed by atoms with Gasteiger partial charge in [0, 0.05) is 31.3 Å². The maximum Gasteiger partial charge on any atom is 0.303 e. The highest BCUT2D eigenvalue weighted by Gasteiger charge is 2.25. The van der Waals surface area contributed by atoms with Gasteiger partial charge in [0.1, 0.15) is 0 Å². The maximum atomic E-state index is 12.1. The number of hydrogen-bond acceptors (Lipinski definition) is 3. The Kier molecular flexibility index (Phi) is 4.98. The quantitative estimate of drug-likeness (QED) is 0.641. The maximum absolute atomic E-state index is 12.1. The zero-order valence-electron chi connectivity index (χ0n) is 11.9. The van der Waals surface area contributed by atoms with Gasteiger partial charge in [0.15, 0.2) is 0 Å². The predicted octanol–water partition coefficient (Wildman–Crippen LogP) is 2.00. The van der Waals surface area contributed by atoms with Gasteiger partial charge in [0.05, 0.1) is 0 Å². The second-order valence-corrected chi connectivity index (χ2v) is 5.37. The van der Waals surface area contributed by atoms with Gasteiger partial charge in [-0.25, -0.2) is 0 Å². The van der Waals surface area contributed by atoms with Crippen molar-refractivity contribution in [1.29, 1.82) is 0 Å². The van der Waals surface area contributed by atoms with E-state index in [9.17, 15) is 9.59 Å². The first-order valence-corrected chi connectivity index (χ1v) is 7.09. The molecule has 1 aromatic carbocycles. The SMILES string of the molecule is Nc1ccc(/C=C/C(=O)N2CCC(CCC(=O)O)C2)cc1. The number of nitrogens with zero attached hydrogens (tertiary/aromatic N) is 1. The summed E-state index contributed by atoms with van der Waals surface area (Å²) in [5.74, 6) is -0.498. The summed E-state index contributed by atoms with van der Waals surface area (Å²) in [5, 5.41) is 8.68. The fraction of sp³-hybridized carbons (Fsp3) is 0.375. The number of aliphatic carboxylic acids is 1. The molecule has 1 aromatic rings. The van der Waals surface area contributed by atoms with E-state index in [0.717, 1.165) is 12.0 Å². The molecule has 5 heteroatoms. The first-order chi connectivity index (χ1) is 10.0. The number of rotatable bonds is 5. The third-order valence-electron chi connectivity index (χ3n) is 3.72. The van der Waals surface area contributed by atoms with Crippen LogP contribution in [0.2, 0.25) is 0 Å². The smallest absolute Gasteiger partial charge is 0.303 e. The lowest BCUT2D eigenvalue weighted by Gasteiger charge is -2.14. The molecular formula is C16H20N2O3. The summed E-state index contributed by atoms with van der Waals surface area (Å²) in [6.45, 7) is 1.35. The standard InChI is InChI=1S/C16H20N2O3/c17-14-5-1-12(2-6-14)3-7-15(19)18-10-9-13(11-18)4-8-16(20)21/h1-3,5-7,13H,4,8-11,17H2,(H,20,21)/b7-3+. The average molecular weight is 288 g/mol. The molecule has 5 nitrogen and oxygen atoms in total. The molecule has 0 spiro atoms. The van der Waals surface area contributed by atoms with Gasteiger partial charge in [0.2, 0.25) is 5.91 Å². The highest BCUT2D eigenvalue weighted by Crippen LogP contribution is 2.21. The zero-order valence-corrected chi connectivity index (χ0v) is 11.9. The van der Waals surface area contributed by atoms with Gasteiger partial charge >= 0.3 is 5.97 Å². The molecule has 0 bridgehead atoms. The van der Waals surface area contributed by atoms with Crippen LogP contribution in [0.4, 0.5) is 5.69 Å². The van der Waals surface area contributed by atoms with Crippen LogP contribution in [-0.2, 0) is 9.59 Å².